The van der Waals surface area contributed by atoms with E-state index in [1.165, 1.54) is 32.9 Å². The van der Waals surface area contributed by atoms with Gasteiger partial charge in [0.25, 0.3) is 0 Å². The highest BCUT2D eigenvalue weighted by Gasteiger charge is 2.17. The van der Waals surface area contributed by atoms with Crippen LogP contribution >= 0.6 is 15.9 Å². The van der Waals surface area contributed by atoms with E-state index in [9.17, 15) is 0 Å². The van der Waals surface area contributed by atoms with Gasteiger partial charge in [-0.05, 0) is 71.8 Å². The molecule has 0 spiro atoms. The highest BCUT2D eigenvalue weighted by molar-refractivity contribution is 9.10. The Balaban J connectivity index is 1.43. The summed E-state index contributed by atoms with van der Waals surface area (Å²) in [5, 5.41) is 2.47. The van der Waals surface area contributed by atoms with Crippen LogP contribution in [0, 0.1) is 0 Å². The van der Waals surface area contributed by atoms with Crippen molar-refractivity contribution in [2.45, 2.75) is 0 Å². The van der Waals surface area contributed by atoms with E-state index in [2.05, 4.69) is 177 Å². The zero-order valence-corrected chi connectivity index (χ0v) is 22.8. The van der Waals surface area contributed by atoms with Gasteiger partial charge in [0.15, 0.2) is 0 Å². The first-order chi connectivity index (χ1) is 19.3. The Bertz CT molecular complexity index is 1890. The molecule has 1 aromatic heterocycles. The van der Waals surface area contributed by atoms with Crippen LogP contribution in [-0.2, 0) is 0 Å². The summed E-state index contributed by atoms with van der Waals surface area (Å²) in [6.45, 7) is 0. The maximum absolute atomic E-state index is 3.70. The Morgan fingerprint density at radius 1 is 0.436 bits per heavy atom. The van der Waals surface area contributed by atoms with Crippen LogP contribution in [0.4, 0.5) is 17.1 Å². The van der Waals surface area contributed by atoms with Gasteiger partial charge in [0.05, 0.1) is 11.0 Å². The van der Waals surface area contributed by atoms with Crippen molar-refractivity contribution >= 4 is 54.8 Å². The minimum absolute atomic E-state index is 1.07. The fourth-order valence-corrected chi connectivity index (χ4v) is 5.78. The quantitative estimate of drug-likeness (QED) is 0.202. The van der Waals surface area contributed by atoms with E-state index < -0.39 is 0 Å². The molecule has 0 aliphatic carbocycles. The van der Waals surface area contributed by atoms with Crippen LogP contribution in [0.15, 0.2) is 156 Å². The molecule has 7 aromatic rings. The molecule has 0 saturated carbocycles. The number of hydrogen-bond donors (Lipinski definition) is 0. The number of nitrogens with zero attached hydrogens (tertiary/aromatic N) is 2. The molecule has 0 unspecified atom stereocenters. The molecule has 0 atom stereocenters. The van der Waals surface area contributed by atoms with Crippen molar-refractivity contribution in [2.75, 3.05) is 4.90 Å². The summed E-state index contributed by atoms with van der Waals surface area (Å²) < 4.78 is 3.43. The van der Waals surface area contributed by atoms with Crippen LogP contribution in [0.25, 0.3) is 38.6 Å². The molecule has 2 nitrogen and oxygen atoms in total. The van der Waals surface area contributed by atoms with Crippen molar-refractivity contribution in [3.05, 3.63) is 156 Å². The summed E-state index contributed by atoms with van der Waals surface area (Å²) in [4.78, 5) is 2.33. The van der Waals surface area contributed by atoms with E-state index >= 15 is 0 Å². The van der Waals surface area contributed by atoms with Gasteiger partial charge in [-0.2, -0.15) is 0 Å². The monoisotopic (exact) mass is 564 g/mol. The molecule has 0 aliphatic heterocycles. The van der Waals surface area contributed by atoms with Crippen LogP contribution in [0.5, 0.6) is 0 Å². The number of anilines is 3. The van der Waals surface area contributed by atoms with Crippen molar-refractivity contribution in [1.82, 2.24) is 4.57 Å². The maximum Gasteiger partial charge on any atom is 0.0561 e. The third-order valence-electron chi connectivity index (χ3n) is 7.23. The van der Waals surface area contributed by atoms with E-state index in [0.717, 1.165) is 27.2 Å². The Kier molecular flexibility index (Phi) is 5.99. The minimum atomic E-state index is 1.07. The Morgan fingerprint density at radius 2 is 0.949 bits per heavy atom. The zero-order chi connectivity index (χ0) is 26.2. The number of para-hydroxylation sites is 2. The van der Waals surface area contributed by atoms with Gasteiger partial charge in [-0.25, -0.2) is 0 Å². The van der Waals surface area contributed by atoms with Gasteiger partial charge in [-0.1, -0.05) is 107 Å². The van der Waals surface area contributed by atoms with Crippen LogP contribution in [0.2, 0.25) is 0 Å². The van der Waals surface area contributed by atoms with Gasteiger partial charge < -0.3 is 9.47 Å². The number of halogens is 1. The first-order valence-electron chi connectivity index (χ1n) is 13.1. The fourth-order valence-electron chi connectivity index (χ4n) is 5.43. The van der Waals surface area contributed by atoms with Gasteiger partial charge in [-0.3, -0.25) is 0 Å². The number of hydrogen-bond acceptors (Lipinski definition) is 1. The van der Waals surface area contributed by atoms with Crippen molar-refractivity contribution in [2.24, 2.45) is 0 Å². The molecule has 0 fully saturated rings. The lowest BCUT2D eigenvalue weighted by molar-refractivity contribution is 1.18. The standard InChI is InChI=1S/C36H25BrN2/c37-28-18-22-33-34-23-21-32(25-36(34)39(35(33)24-28)30-14-8-3-9-15-30)38(29-12-6-2-7-13-29)31-19-16-27(17-20-31)26-10-4-1-5-11-26/h1-25H. The molecule has 0 N–H and O–H groups in total. The largest absolute Gasteiger partial charge is 0.310 e. The Labute approximate surface area is 236 Å². The molecule has 1 heterocycles. The molecular weight excluding hydrogens is 540 g/mol. The summed E-state index contributed by atoms with van der Waals surface area (Å²) in [7, 11) is 0. The highest BCUT2D eigenvalue weighted by Crippen LogP contribution is 2.40. The van der Waals surface area contributed by atoms with Crippen molar-refractivity contribution in [3.8, 4) is 16.8 Å². The first-order valence-corrected chi connectivity index (χ1v) is 13.9. The second-order valence-electron chi connectivity index (χ2n) is 9.62. The zero-order valence-electron chi connectivity index (χ0n) is 21.2. The second kappa shape index (κ2) is 9.94. The van der Waals surface area contributed by atoms with Crippen LogP contribution in [-0.4, -0.2) is 4.57 Å². The molecule has 0 saturated heterocycles. The van der Waals surface area contributed by atoms with E-state index in [1.54, 1.807) is 0 Å². The molecule has 7 rings (SSSR count). The number of rotatable bonds is 5. The van der Waals surface area contributed by atoms with Gasteiger partial charge in [0.2, 0.25) is 0 Å². The van der Waals surface area contributed by atoms with E-state index in [-0.39, 0.29) is 0 Å². The third kappa shape index (κ3) is 4.31. The van der Waals surface area contributed by atoms with E-state index in [1.807, 2.05) is 0 Å². The van der Waals surface area contributed by atoms with Crippen molar-refractivity contribution in [1.29, 1.82) is 0 Å². The maximum atomic E-state index is 3.70. The highest BCUT2D eigenvalue weighted by atomic mass is 79.9. The molecule has 0 aliphatic rings. The normalized spacial score (nSPS) is 11.2. The van der Waals surface area contributed by atoms with Crippen LogP contribution in [0.1, 0.15) is 0 Å². The predicted molar refractivity (Wildman–Crippen MR) is 169 cm³/mol. The van der Waals surface area contributed by atoms with Crippen molar-refractivity contribution in [3.63, 3.8) is 0 Å². The van der Waals surface area contributed by atoms with E-state index in [4.69, 9.17) is 0 Å². The smallest absolute Gasteiger partial charge is 0.0561 e. The summed E-state index contributed by atoms with van der Waals surface area (Å²) in [5.41, 5.74) is 9.27. The topological polar surface area (TPSA) is 8.17 Å². The third-order valence-corrected chi connectivity index (χ3v) is 7.73. The average molecular weight is 566 g/mol. The molecule has 186 valence electrons. The SMILES string of the molecule is Brc1ccc2c3ccc(N(c4ccccc4)c4ccc(-c5ccccc5)cc4)cc3n(-c3ccccc3)c2c1. The summed E-state index contributed by atoms with van der Waals surface area (Å²) in [6.07, 6.45) is 0. The van der Waals surface area contributed by atoms with Crippen LogP contribution < -0.4 is 4.90 Å². The second-order valence-corrected chi connectivity index (χ2v) is 10.5. The Hall–Kier alpha value is -4.60. The summed E-state index contributed by atoms with van der Waals surface area (Å²) in [5.74, 6) is 0. The first kappa shape index (κ1) is 23.5. The molecule has 39 heavy (non-hydrogen) atoms. The summed E-state index contributed by atoms with van der Waals surface area (Å²) >= 11 is 3.70. The minimum Gasteiger partial charge on any atom is -0.310 e. The molecule has 3 heteroatoms. The molecule has 6 aromatic carbocycles. The lowest BCUT2D eigenvalue weighted by atomic mass is 10.0. The molecule has 0 bridgehead atoms. The van der Waals surface area contributed by atoms with Gasteiger partial charge in [0.1, 0.15) is 0 Å². The lowest BCUT2D eigenvalue weighted by Crippen LogP contribution is -2.10. The average Bonchev–Trinajstić information content (AvgIpc) is 3.32. The van der Waals surface area contributed by atoms with Gasteiger partial charge >= 0.3 is 0 Å². The van der Waals surface area contributed by atoms with Crippen molar-refractivity contribution < 1.29 is 0 Å². The number of benzene rings is 6. The van der Waals surface area contributed by atoms with Crippen LogP contribution in [0.3, 0.4) is 0 Å². The van der Waals surface area contributed by atoms with E-state index in [0.29, 0.717) is 0 Å². The molecule has 0 radical (unpaired) electrons. The van der Waals surface area contributed by atoms with Gasteiger partial charge in [-0.15, -0.1) is 0 Å². The molecular formula is C36H25BrN2. The lowest BCUT2D eigenvalue weighted by Gasteiger charge is -2.26. The summed E-state index contributed by atoms with van der Waals surface area (Å²) in [6, 6.07) is 53.9. The number of fused-ring (bicyclic) bond motifs is 3. The molecule has 0 amide bonds. The number of aromatic nitrogens is 1. The van der Waals surface area contributed by atoms with Gasteiger partial charge in [0, 0.05) is 38.0 Å². The predicted octanol–water partition coefficient (Wildman–Crippen LogP) is 10.7. The fraction of sp³-hybridized carbons (Fsp3) is 0. The Morgan fingerprint density at radius 3 is 1.64 bits per heavy atom.